The third kappa shape index (κ3) is 4.35. The summed E-state index contributed by atoms with van der Waals surface area (Å²) in [5, 5.41) is 4.61. The Hall–Kier alpha value is -0.280. The van der Waals surface area contributed by atoms with Gasteiger partial charge in [0.15, 0.2) is 0 Å². The van der Waals surface area contributed by atoms with Gasteiger partial charge in [-0.1, -0.05) is 50.0 Å². The Bertz CT molecular complexity index is 442. The molecule has 0 aromatic heterocycles. The quantitative estimate of drug-likeness (QED) is 0.871. The summed E-state index contributed by atoms with van der Waals surface area (Å²) >= 11 is 12.0. The van der Waals surface area contributed by atoms with Crippen molar-refractivity contribution in [3.63, 3.8) is 0 Å². The lowest BCUT2D eigenvalue weighted by atomic mass is 9.88. The number of hydrogen-bond donors (Lipinski definition) is 1. The minimum Gasteiger partial charge on any atom is -0.368 e. The summed E-state index contributed by atoms with van der Waals surface area (Å²) in [5.41, 5.74) is 1.35. The SMILES string of the molecule is CC(C)(C)CC1CNCC(c2ccc(Cl)c(Cl)c2)O1. The number of morpholine rings is 1. The molecular weight excluding hydrogens is 281 g/mol. The molecule has 2 atom stereocenters. The van der Waals surface area contributed by atoms with Gasteiger partial charge < -0.3 is 10.1 Å². The lowest BCUT2D eigenvalue weighted by Gasteiger charge is -2.34. The van der Waals surface area contributed by atoms with Crippen molar-refractivity contribution in [3.8, 4) is 0 Å². The molecule has 0 aliphatic carbocycles. The van der Waals surface area contributed by atoms with Crippen molar-refractivity contribution in [1.82, 2.24) is 5.32 Å². The molecule has 1 fully saturated rings. The third-order valence-electron chi connectivity index (χ3n) is 3.21. The molecule has 1 N–H and O–H groups in total. The average molecular weight is 302 g/mol. The Morgan fingerprint density at radius 3 is 2.58 bits per heavy atom. The second-order valence-corrected chi connectivity index (χ2v) is 7.16. The van der Waals surface area contributed by atoms with E-state index in [1.165, 1.54) is 0 Å². The Morgan fingerprint density at radius 2 is 1.95 bits per heavy atom. The van der Waals surface area contributed by atoms with Crippen LogP contribution in [0, 0.1) is 5.41 Å². The predicted molar refractivity (Wildman–Crippen MR) is 81.0 cm³/mol. The van der Waals surface area contributed by atoms with E-state index < -0.39 is 0 Å². The lowest BCUT2D eigenvalue weighted by molar-refractivity contribution is -0.0552. The number of halogens is 2. The minimum atomic E-state index is 0.0517. The maximum Gasteiger partial charge on any atom is 0.0954 e. The van der Waals surface area contributed by atoms with E-state index in [2.05, 4.69) is 26.1 Å². The summed E-state index contributed by atoms with van der Waals surface area (Å²) in [6, 6.07) is 5.71. The summed E-state index contributed by atoms with van der Waals surface area (Å²) in [7, 11) is 0. The Labute approximate surface area is 125 Å². The van der Waals surface area contributed by atoms with E-state index in [4.69, 9.17) is 27.9 Å². The van der Waals surface area contributed by atoms with Crippen molar-refractivity contribution in [2.45, 2.75) is 39.4 Å². The fourth-order valence-electron chi connectivity index (χ4n) is 2.42. The first-order chi connectivity index (χ1) is 8.85. The number of ether oxygens (including phenoxy) is 1. The molecule has 1 aliphatic heterocycles. The molecule has 2 rings (SSSR count). The maximum absolute atomic E-state index is 6.18. The van der Waals surface area contributed by atoms with E-state index >= 15 is 0 Å². The molecule has 0 spiro atoms. The molecule has 0 bridgehead atoms. The first kappa shape index (κ1) is 15.1. The van der Waals surface area contributed by atoms with Crippen LogP contribution in [0.2, 0.25) is 10.0 Å². The number of hydrogen-bond acceptors (Lipinski definition) is 2. The van der Waals surface area contributed by atoms with Crippen LogP contribution in [0.4, 0.5) is 0 Å². The molecule has 1 heterocycles. The number of benzene rings is 1. The van der Waals surface area contributed by atoms with Gasteiger partial charge in [0.2, 0.25) is 0 Å². The zero-order valence-electron chi connectivity index (χ0n) is 11.7. The van der Waals surface area contributed by atoms with Crippen molar-refractivity contribution in [2.75, 3.05) is 13.1 Å². The van der Waals surface area contributed by atoms with Crippen LogP contribution in [0.25, 0.3) is 0 Å². The predicted octanol–water partition coefficient (Wildman–Crippen LogP) is 4.46. The third-order valence-corrected chi connectivity index (χ3v) is 3.95. The maximum atomic E-state index is 6.18. The fraction of sp³-hybridized carbons (Fsp3) is 0.600. The van der Waals surface area contributed by atoms with E-state index in [0.29, 0.717) is 10.0 Å². The normalized spacial score (nSPS) is 24.5. The highest BCUT2D eigenvalue weighted by Gasteiger charge is 2.27. The molecule has 1 aromatic carbocycles. The van der Waals surface area contributed by atoms with Gasteiger partial charge in [-0.25, -0.2) is 0 Å². The molecule has 106 valence electrons. The van der Waals surface area contributed by atoms with Crippen molar-refractivity contribution in [3.05, 3.63) is 33.8 Å². The smallest absolute Gasteiger partial charge is 0.0954 e. The van der Waals surface area contributed by atoms with Gasteiger partial charge in [-0.05, 0) is 29.5 Å². The Kier molecular flexibility index (Phi) is 4.78. The van der Waals surface area contributed by atoms with E-state index in [1.54, 1.807) is 0 Å². The highest BCUT2D eigenvalue weighted by Crippen LogP contribution is 2.31. The summed E-state index contributed by atoms with van der Waals surface area (Å²) in [5.74, 6) is 0. The molecule has 1 aliphatic rings. The van der Waals surface area contributed by atoms with Gasteiger partial charge in [0.05, 0.1) is 22.3 Å². The van der Waals surface area contributed by atoms with Crippen LogP contribution >= 0.6 is 23.2 Å². The monoisotopic (exact) mass is 301 g/mol. The van der Waals surface area contributed by atoms with Crippen molar-refractivity contribution >= 4 is 23.2 Å². The van der Waals surface area contributed by atoms with Crippen LogP contribution in [-0.2, 0) is 4.74 Å². The van der Waals surface area contributed by atoms with Gasteiger partial charge in [0.1, 0.15) is 0 Å². The van der Waals surface area contributed by atoms with Crippen LogP contribution in [0.15, 0.2) is 18.2 Å². The van der Waals surface area contributed by atoms with Crippen LogP contribution in [-0.4, -0.2) is 19.2 Å². The average Bonchev–Trinajstić information content (AvgIpc) is 2.31. The van der Waals surface area contributed by atoms with Gasteiger partial charge in [-0.15, -0.1) is 0 Å². The minimum absolute atomic E-state index is 0.0517. The molecule has 0 radical (unpaired) electrons. The van der Waals surface area contributed by atoms with Gasteiger partial charge >= 0.3 is 0 Å². The molecule has 2 nitrogen and oxygen atoms in total. The largest absolute Gasteiger partial charge is 0.368 e. The zero-order chi connectivity index (χ0) is 14.0. The number of nitrogens with one attached hydrogen (secondary N) is 1. The molecular formula is C15H21Cl2NO. The molecule has 1 saturated heterocycles. The summed E-state index contributed by atoms with van der Waals surface area (Å²) in [6.07, 6.45) is 1.33. The first-order valence-electron chi connectivity index (χ1n) is 6.66. The standard InChI is InChI=1S/C15H21Cl2NO/c1-15(2,3)7-11-8-18-9-14(19-11)10-4-5-12(16)13(17)6-10/h4-6,11,14,18H,7-9H2,1-3H3. The summed E-state index contributed by atoms with van der Waals surface area (Å²) < 4.78 is 6.18. The van der Waals surface area contributed by atoms with Gasteiger partial charge in [-0.3, -0.25) is 0 Å². The highest BCUT2D eigenvalue weighted by atomic mass is 35.5. The molecule has 2 unspecified atom stereocenters. The van der Waals surface area contributed by atoms with E-state index in [1.807, 2.05) is 18.2 Å². The van der Waals surface area contributed by atoms with Crippen LogP contribution < -0.4 is 5.32 Å². The van der Waals surface area contributed by atoms with E-state index in [9.17, 15) is 0 Å². The first-order valence-corrected chi connectivity index (χ1v) is 7.42. The van der Waals surface area contributed by atoms with E-state index in [-0.39, 0.29) is 17.6 Å². The van der Waals surface area contributed by atoms with Crippen LogP contribution in [0.5, 0.6) is 0 Å². The van der Waals surface area contributed by atoms with Gasteiger partial charge in [0.25, 0.3) is 0 Å². The van der Waals surface area contributed by atoms with Crippen LogP contribution in [0.1, 0.15) is 38.9 Å². The van der Waals surface area contributed by atoms with Crippen molar-refractivity contribution in [2.24, 2.45) is 5.41 Å². The van der Waals surface area contributed by atoms with Gasteiger partial charge in [0, 0.05) is 13.1 Å². The molecule has 1 aromatic rings. The molecule has 4 heteroatoms. The second-order valence-electron chi connectivity index (χ2n) is 6.34. The second kappa shape index (κ2) is 6.01. The highest BCUT2D eigenvalue weighted by molar-refractivity contribution is 6.42. The molecule has 0 saturated carbocycles. The topological polar surface area (TPSA) is 21.3 Å². The fourth-order valence-corrected chi connectivity index (χ4v) is 2.72. The zero-order valence-corrected chi connectivity index (χ0v) is 13.2. The van der Waals surface area contributed by atoms with Gasteiger partial charge in [-0.2, -0.15) is 0 Å². The van der Waals surface area contributed by atoms with E-state index in [0.717, 1.165) is 25.1 Å². The molecule has 19 heavy (non-hydrogen) atoms. The van der Waals surface area contributed by atoms with Crippen LogP contribution in [0.3, 0.4) is 0 Å². The van der Waals surface area contributed by atoms with Crippen molar-refractivity contribution in [1.29, 1.82) is 0 Å². The van der Waals surface area contributed by atoms with Crippen molar-refractivity contribution < 1.29 is 4.74 Å². The molecule has 0 amide bonds. The number of rotatable bonds is 2. The lowest BCUT2D eigenvalue weighted by Crippen LogP contribution is -2.42. The Balaban J connectivity index is 2.06. The Morgan fingerprint density at radius 1 is 1.21 bits per heavy atom. The summed E-state index contributed by atoms with van der Waals surface area (Å²) in [6.45, 7) is 8.44. The summed E-state index contributed by atoms with van der Waals surface area (Å²) in [4.78, 5) is 0.